The number of benzene rings is 6. The number of nitrogens with zero attached hydrogens (tertiary/aromatic N) is 3. The van der Waals surface area contributed by atoms with Crippen LogP contribution in [0.4, 0.5) is 0 Å². The number of phenols is 1. The van der Waals surface area contributed by atoms with Gasteiger partial charge >= 0.3 is 0 Å². The Balaban J connectivity index is 0.00000384. The molecule has 0 saturated heterocycles. The minimum atomic E-state index is 0. The molecule has 0 aliphatic rings. The number of imidazole rings is 1. The predicted molar refractivity (Wildman–Crippen MR) is 215 cm³/mol. The molecule has 4 aromatic heterocycles. The molecule has 5 nitrogen and oxygen atoms in total. The van der Waals surface area contributed by atoms with E-state index in [1.165, 1.54) is 0 Å². The van der Waals surface area contributed by atoms with Crippen LogP contribution in [-0.2, 0) is 21.1 Å². The molecule has 0 unspecified atom stereocenters. The third kappa shape index (κ3) is 5.43. The van der Waals surface area contributed by atoms with Crippen LogP contribution in [0.5, 0.6) is 5.75 Å². The van der Waals surface area contributed by atoms with E-state index in [2.05, 4.69) is 128 Å². The molecule has 0 aliphatic carbocycles. The first-order valence-electron chi connectivity index (χ1n) is 17.7. The zero-order valence-electron chi connectivity index (χ0n) is 29.4. The van der Waals surface area contributed by atoms with E-state index >= 15 is 0 Å². The molecule has 0 bridgehead atoms. The number of aryl methyl sites for hydroxylation is 2. The zero-order chi connectivity index (χ0) is 35.6. The maximum absolute atomic E-state index is 11.1. The molecule has 262 valence electrons. The summed E-state index contributed by atoms with van der Waals surface area (Å²) < 4.78 is 8.87. The number of pyridine rings is 2. The maximum Gasteiger partial charge on any atom is 0.137 e. The molecule has 4 heterocycles. The molecule has 10 rings (SSSR count). The van der Waals surface area contributed by atoms with Gasteiger partial charge in [-0.2, -0.15) is 0 Å². The van der Waals surface area contributed by atoms with Crippen LogP contribution in [0, 0.1) is 19.9 Å². The normalized spacial score (nSPS) is 11.4. The summed E-state index contributed by atoms with van der Waals surface area (Å²) in [5.41, 5.74) is 13.2. The topological polar surface area (TPSA) is 63.6 Å². The van der Waals surface area contributed by atoms with Crippen molar-refractivity contribution in [3.8, 4) is 61.9 Å². The van der Waals surface area contributed by atoms with Crippen molar-refractivity contribution in [2.24, 2.45) is 0 Å². The van der Waals surface area contributed by atoms with Crippen LogP contribution >= 0.6 is 0 Å². The molecular weight excluding hydrogens is 846 g/mol. The molecule has 0 atom stereocenters. The van der Waals surface area contributed by atoms with Crippen LogP contribution in [0.25, 0.3) is 94.5 Å². The minimum absolute atomic E-state index is 0. The van der Waals surface area contributed by atoms with E-state index in [1.807, 2.05) is 42.5 Å². The number of hydrogen-bond donors (Lipinski definition) is 1. The Hall–Kier alpha value is -6.29. The fourth-order valence-electron chi connectivity index (χ4n) is 7.80. The summed E-state index contributed by atoms with van der Waals surface area (Å²) in [6, 6.07) is 52.9. The molecule has 10 aromatic rings. The number of hydrogen-bond acceptors (Lipinski definition) is 4. The van der Waals surface area contributed by atoms with Gasteiger partial charge in [0.1, 0.15) is 17.0 Å². The SMILES string of the molecule is Cc1cccc(C)c1-c1cc(-c2ccccc2O)nc(-c2[c-]c(-c3nc4c5ccccc5ccn4c3-c3ccccc3)cc3c2oc2ccccc23)c1.[Pt]. The second-order valence-corrected chi connectivity index (χ2v) is 13.6. The van der Waals surface area contributed by atoms with Crippen LogP contribution in [-0.4, -0.2) is 19.5 Å². The van der Waals surface area contributed by atoms with Crippen molar-refractivity contribution in [3.05, 3.63) is 169 Å². The first-order valence-corrected chi connectivity index (χ1v) is 17.7. The Morgan fingerprint density at radius 2 is 1.33 bits per heavy atom. The van der Waals surface area contributed by atoms with Gasteiger partial charge in [0.05, 0.1) is 11.3 Å². The number of aromatic nitrogens is 3. The smallest absolute Gasteiger partial charge is 0.137 e. The molecule has 0 fully saturated rings. The van der Waals surface area contributed by atoms with E-state index in [0.717, 1.165) is 83.1 Å². The Morgan fingerprint density at radius 1 is 0.630 bits per heavy atom. The number of aromatic hydroxyl groups is 1. The Labute approximate surface area is 326 Å². The van der Waals surface area contributed by atoms with Gasteiger partial charge in [0, 0.05) is 60.7 Å². The van der Waals surface area contributed by atoms with Gasteiger partial charge in [-0.05, 0) is 82.8 Å². The van der Waals surface area contributed by atoms with Gasteiger partial charge in [0.2, 0.25) is 0 Å². The molecule has 6 aromatic carbocycles. The van der Waals surface area contributed by atoms with Crippen LogP contribution in [0.1, 0.15) is 11.1 Å². The quantitative estimate of drug-likeness (QED) is 0.175. The van der Waals surface area contributed by atoms with E-state index in [9.17, 15) is 5.11 Å². The molecule has 1 N–H and O–H groups in total. The van der Waals surface area contributed by atoms with E-state index in [1.54, 1.807) is 6.07 Å². The minimum Gasteiger partial charge on any atom is -0.507 e. The number of para-hydroxylation sites is 2. The van der Waals surface area contributed by atoms with Gasteiger partial charge in [-0.15, -0.1) is 12.1 Å². The Kier molecular flexibility index (Phi) is 8.25. The second-order valence-electron chi connectivity index (χ2n) is 13.6. The summed E-state index contributed by atoms with van der Waals surface area (Å²) in [7, 11) is 0. The van der Waals surface area contributed by atoms with Crippen LogP contribution < -0.4 is 0 Å². The summed E-state index contributed by atoms with van der Waals surface area (Å²) in [5, 5.41) is 15.2. The average molecular weight is 878 g/mol. The van der Waals surface area contributed by atoms with E-state index in [4.69, 9.17) is 14.4 Å². The monoisotopic (exact) mass is 877 g/mol. The third-order valence-corrected chi connectivity index (χ3v) is 10.3. The number of fused-ring (bicyclic) bond motifs is 6. The maximum atomic E-state index is 11.1. The van der Waals surface area contributed by atoms with Crippen molar-refractivity contribution in [1.29, 1.82) is 0 Å². The largest absolute Gasteiger partial charge is 0.507 e. The van der Waals surface area contributed by atoms with Crippen molar-refractivity contribution in [2.45, 2.75) is 13.8 Å². The summed E-state index contributed by atoms with van der Waals surface area (Å²) in [5.74, 6) is 0.167. The summed E-state index contributed by atoms with van der Waals surface area (Å²) in [4.78, 5) is 10.7. The predicted octanol–water partition coefficient (Wildman–Crippen LogP) is 12.2. The molecule has 0 aliphatic heterocycles. The molecule has 0 amide bonds. The molecular formula is C48H32N3O2Pt-. The van der Waals surface area contributed by atoms with Crippen LogP contribution in [0.2, 0.25) is 0 Å². The molecule has 6 heteroatoms. The molecule has 54 heavy (non-hydrogen) atoms. The van der Waals surface area contributed by atoms with Crippen molar-refractivity contribution in [3.63, 3.8) is 0 Å². The van der Waals surface area contributed by atoms with Gasteiger partial charge in [-0.25, -0.2) is 0 Å². The Bertz CT molecular complexity index is 3030. The summed E-state index contributed by atoms with van der Waals surface area (Å²) in [6.07, 6.45) is 2.11. The molecule has 0 radical (unpaired) electrons. The van der Waals surface area contributed by atoms with Crippen molar-refractivity contribution in [1.82, 2.24) is 14.4 Å². The van der Waals surface area contributed by atoms with Gasteiger partial charge in [-0.1, -0.05) is 120 Å². The van der Waals surface area contributed by atoms with Crippen molar-refractivity contribution < 1.29 is 30.6 Å². The Morgan fingerprint density at radius 3 is 2.15 bits per heavy atom. The van der Waals surface area contributed by atoms with Gasteiger partial charge < -0.3 is 13.9 Å². The summed E-state index contributed by atoms with van der Waals surface area (Å²) in [6.45, 7) is 4.26. The van der Waals surface area contributed by atoms with E-state index in [-0.39, 0.29) is 26.8 Å². The standard InChI is InChI=1S/C48H32N3O2.Pt/c1-29-13-12-14-30(2)44(29)33-27-40(37-20-8-10-21-42(37)52)49-41(28-33)39-26-34(25-38-36-19-9-11-22-43(36)53-47(38)39)45-46(32-16-4-3-5-17-32)51-24-23-31-15-6-7-18-35(31)48(51)50-45;/h3-25,27-28,52H,1-2H3;/q-1;. The summed E-state index contributed by atoms with van der Waals surface area (Å²) >= 11 is 0. The first-order chi connectivity index (χ1) is 26.0. The fourth-order valence-corrected chi connectivity index (χ4v) is 7.80. The number of rotatable bonds is 5. The third-order valence-electron chi connectivity index (χ3n) is 10.3. The van der Waals surface area contributed by atoms with Crippen molar-refractivity contribution >= 4 is 38.4 Å². The van der Waals surface area contributed by atoms with Crippen LogP contribution in [0.3, 0.4) is 0 Å². The van der Waals surface area contributed by atoms with Crippen molar-refractivity contribution in [2.75, 3.05) is 0 Å². The van der Waals surface area contributed by atoms with Crippen LogP contribution in [0.15, 0.2) is 156 Å². The average Bonchev–Trinajstić information content (AvgIpc) is 3.77. The first kappa shape index (κ1) is 33.5. The van der Waals surface area contributed by atoms with Gasteiger partial charge in [0.25, 0.3) is 0 Å². The molecule has 0 saturated carbocycles. The zero-order valence-corrected chi connectivity index (χ0v) is 31.7. The van der Waals surface area contributed by atoms with E-state index < -0.39 is 0 Å². The second kappa shape index (κ2) is 13.3. The van der Waals surface area contributed by atoms with E-state index in [0.29, 0.717) is 22.5 Å². The number of furan rings is 1. The van der Waals surface area contributed by atoms with Gasteiger partial charge in [-0.3, -0.25) is 9.97 Å². The fraction of sp³-hybridized carbons (Fsp3) is 0.0417. The number of phenolic OH excluding ortho intramolecular Hbond substituents is 1. The van der Waals surface area contributed by atoms with Gasteiger partial charge in [0.15, 0.2) is 0 Å². The molecule has 0 spiro atoms.